The Morgan fingerprint density at radius 1 is 1.44 bits per heavy atom. The summed E-state index contributed by atoms with van der Waals surface area (Å²) in [6.45, 7) is 8.88. The molecule has 5 nitrogen and oxygen atoms in total. The van der Waals surface area contributed by atoms with Gasteiger partial charge in [0, 0.05) is 16.9 Å². The molecule has 1 amide bonds. The van der Waals surface area contributed by atoms with E-state index in [0.717, 1.165) is 16.4 Å². The van der Waals surface area contributed by atoms with Gasteiger partial charge < -0.3 is 14.4 Å². The highest BCUT2D eigenvalue weighted by Crippen LogP contribution is 2.37. The Bertz CT molecular complexity index is 779. The van der Waals surface area contributed by atoms with Crippen LogP contribution in [0, 0.1) is 0 Å². The van der Waals surface area contributed by atoms with Crippen LogP contribution < -0.4 is 14.4 Å². The number of hydrogen-bond donors (Lipinski definition) is 0. The fraction of sp³-hybridized carbons (Fsp3) is 0.474. The number of hydrogen-bond acceptors (Lipinski definition) is 5. The molecular formula is C19H24N2O3S. The predicted octanol–water partition coefficient (Wildman–Crippen LogP) is 3.81. The molecule has 1 aliphatic rings. The molecule has 1 atom stereocenters. The van der Waals surface area contributed by atoms with Gasteiger partial charge in [-0.05, 0) is 19.1 Å². The number of carbonyl (C=O) groups is 1. The molecule has 0 fully saturated rings. The molecule has 1 aromatic carbocycles. The summed E-state index contributed by atoms with van der Waals surface area (Å²) >= 11 is 1.61. The lowest BCUT2D eigenvalue weighted by Crippen LogP contribution is -2.43. The van der Waals surface area contributed by atoms with E-state index in [9.17, 15) is 4.79 Å². The molecule has 3 rings (SSSR count). The Kier molecular flexibility index (Phi) is 4.73. The largest absolute Gasteiger partial charge is 0.497 e. The van der Waals surface area contributed by atoms with Crippen LogP contribution in [0.1, 0.15) is 38.4 Å². The fourth-order valence-corrected chi connectivity index (χ4v) is 3.67. The Balaban J connectivity index is 1.84. The number of ether oxygens (including phenoxy) is 2. The van der Waals surface area contributed by atoms with Crippen LogP contribution in [0.15, 0.2) is 23.6 Å². The van der Waals surface area contributed by atoms with E-state index >= 15 is 0 Å². The Morgan fingerprint density at radius 2 is 2.20 bits per heavy atom. The second kappa shape index (κ2) is 6.67. The van der Waals surface area contributed by atoms with Crippen molar-refractivity contribution in [2.45, 2.75) is 45.6 Å². The third-order valence-electron chi connectivity index (χ3n) is 4.05. The minimum atomic E-state index is -0.0505. The van der Waals surface area contributed by atoms with Crippen molar-refractivity contribution in [3.05, 3.63) is 34.3 Å². The van der Waals surface area contributed by atoms with E-state index < -0.39 is 0 Å². The van der Waals surface area contributed by atoms with E-state index in [1.165, 1.54) is 0 Å². The van der Waals surface area contributed by atoms with Crippen LogP contribution in [0.2, 0.25) is 0 Å². The van der Waals surface area contributed by atoms with Crippen LogP contribution in [0.3, 0.4) is 0 Å². The molecule has 25 heavy (non-hydrogen) atoms. The second-order valence-electron chi connectivity index (χ2n) is 7.34. The highest BCUT2D eigenvalue weighted by Gasteiger charge is 2.29. The molecule has 2 heterocycles. The maximum atomic E-state index is 12.9. The van der Waals surface area contributed by atoms with E-state index in [1.807, 2.05) is 30.5 Å². The van der Waals surface area contributed by atoms with E-state index in [1.54, 1.807) is 23.3 Å². The van der Waals surface area contributed by atoms with Gasteiger partial charge in [-0.1, -0.05) is 20.8 Å². The first-order valence-electron chi connectivity index (χ1n) is 8.38. The standard InChI is InChI=1S/C19H24N2O3S/c1-12-10-21(15-9-14(23-5)6-7-16(15)24-12)17(22)8-13-11-25-18(20-13)19(2,3)4/h6-7,9,11-12H,8,10H2,1-5H3. The van der Waals surface area contributed by atoms with Crippen LogP contribution >= 0.6 is 11.3 Å². The van der Waals surface area contributed by atoms with Crippen molar-refractivity contribution in [2.75, 3.05) is 18.6 Å². The molecule has 0 N–H and O–H groups in total. The van der Waals surface area contributed by atoms with Crippen LogP contribution in [0.5, 0.6) is 11.5 Å². The van der Waals surface area contributed by atoms with Gasteiger partial charge in [0.15, 0.2) is 0 Å². The number of amides is 1. The third-order valence-corrected chi connectivity index (χ3v) is 5.37. The summed E-state index contributed by atoms with van der Waals surface area (Å²) in [7, 11) is 1.61. The number of benzene rings is 1. The van der Waals surface area contributed by atoms with E-state index in [4.69, 9.17) is 9.47 Å². The molecule has 0 saturated heterocycles. The lowest BCUT2D eigenvalue weighted by Gasteiger charge is -2.33. The molecule has 1 aromatic heterocycles. The van der Waals surface area contributed by atoms with Gasteiger partial charge in [0.25, 0.3) is 0 Å². The normalized spacial score (nSPS) is 17.0. The highest BCUT2D eigenvalue weighted by molar-refractivity contribution is 7.09. The Hall–Kier alpha value is -2.08. The summed E-state index contributed by atoms with van der Waals surface area (Å²) in [4.78, 5) is 19.3. The number of methoxy groups -OCH3 is 1. The van der Waals surface area contributed by atoms with Gasteiger partial charge in [0.2, 0.25) is 5.91 Å². The van der Waals surface area contributed by atoms with Gasteiger partial charge in [0.1, 0.15) is 17.6 Å². The first kappa shape index (κ1) is 17.7. The maximum absolute atomic E-state index is 12.9. The Labute approximate surface area is 152 Å². The average Bonchev–Trinajstić information content (AvgIpc) is 3.02. The molecule has 0 spiro atoms. The first-order valence-corrected chi connectivity index (χ1v) is 9.26. The fourth-order valence-electron chi connectivity index (χ4n) is 2.76. The van der Waals surface area contributed by atoms with Crippen molar-refractivity contribution >= 4 is 22.9 Å². The molecule has 0 saturated carbocycles. The minimum Gasteiger partial charge on any atom is -0.497 e. The number of nitrogens with zero attached hydrogens (tertiary/aromatic N) is 2. The van der Waals surface area contributed by atoms with Gasteiger partial charge in [-0.15, -0.1) is 11.3 Å². The zero-order chi connectivity index (χ0) is 18.2. The van der Waals surface area contributed by atoms with Gasteiger partial charge in [-0.25, -0.2) is 4.98 Å². The number of rotatable bonds is 3. The number of carbonyl (C=O) groups excluding carboxylic acids is 1. The SMILES string of the molecule is COc1ccc2c(c1)N(C(=O)Cc1csc(C(C)(C)C)n1)CC(C)O2. The lowest BCUT2D eigenvalue weighted by atomic mass is 9.98. The Morgan fingerprint density at radius 3 is 2.84 bits per heavy atom. The summed E-state index contributed by atoms with van der Waals surface area (Å²) in [5, 5.41) is 3.03. The van der Waals surface area contributed by atoms with E-state index in [2.05, 4.69) is 25.8 Å². The minimum absolute atomic E-state index is 0.000587. The molecule has 0 bridgehead atoms. The first-order chi connectivity index (χ1) is 11.8. The number of anilines is 1. The predicted molar refractivity (Wildman–Crippen MR) is 100.0 cm³/mol. The van der Waals surface area contributed by atoms with Crippen molar-refractivity contribution in [2.24, 2.45) is 0 Å². The smallest absolute Gasteiger partial charge is 0.233 e. The van der Waals surface area contributed by atoms with Crippen LogP contribution in [0.4, 0.5) is 5.69 Å². The molecule has 1 unspecified atom stereocenters. The van der Waals surface area contributed by atoms with Gasteiger partial charge >= 0.3 is 0 Å². The summed E-state index contributed by atoms with van der Waals surface area (Å²) in [5.74, 6) is 1.44. The molecule has 0 radical (unpaired) electrons. The van der Waals surface area contributed by atoms with Gasteiger partial charge in [-0.2, -0.15) is 0 Å². The van der Waals surface area contributed by atoms with Crippen LogP contribution in [0.25, 0.3) is 0 Å². The molecule has 134 valence electrons. The van der Waals surface area contributed by atoms with Crippen molar-refractivity contribution in [3.63, 3.8) is 0 Å². The summed E-state index contributed by atoms with van der Waals surface area (Å²) in [6.07, 6.45) is 0.237. The summed E-state index contributed by atoms with van der Waals surface area (Å²) in [6, 6.07) is 5.54. The van der Waals surface area contributed by atoms with Crippen molar-refractivity contribution in [3.8, 4) is 11.5 Å². The number of thiazole rings is 1. The van der Waals surface area contributed by atoms with Crippen molar-refractivity contribution < 1.29 is 14.3 Å². The molecule has 2 aromatic rings. The average molecular weight is 360 g/mol. The van der Waals surface area contributed by atoms with Gasteiger partial charge in [0.05, 0.1) is 36.5 Å². The molecule has 6 heteroatoms. The number of fused-ring (bicyclic) bond motifs is 1. The third kappa shape index (κ3) is 3.79. The summed E-state index contributed by atoms with van der Waals surface area (Å²) < 4.78 is 11.1. The second-order valence-corrected chi connectivity index (χ2v) is 8.20. The van der Waals surface area contributed by atoms with Crippen LogP contribution in [-0.4, -0.2) is 30.6 Å². The van der Waals surface area contributed by atoms with E-state index in [-0.39, 0.29) is 23.8 Å². The molecule has 0 aliphatic carbocycles. The quantitative estimate of drug-likeness (QED) is 0.835. The zero-order valence-corrected chi connectivity index (χ0v) is 16.1. The van der Waals surface area contributed by atoms with Crippen molar-refractivity contribution in [1.82, 2.24) is 4.98 Å². The zero-order valence-electron chi connectivity index (χ0n) is 15.3. The topological polar surface area (TPSA) is 51.7 Å². The maximum Gasteiger partial charge on any atom is 0.233 e. The van der Waals surface area contributed by atoms with Crippen LogP contribution in [-0.2, 0) is 16.6 Å². The van der Waals surface area contributed by atoms with Crippen molar-refractivity contribution in [1.29, 1.82) is 0 Å². The molecule has 1 aliphatic heterocycles. The monoisotopic (exact) mass is 360 g/mol. The van der Waals surface area contributed by atoms with E-state index in [0.29, 0.717) is 18.0 Å². The van der Waals surface area contributed by atoms with Gasteiger partial charge in [-0.3, -0.25) is 4.79 Å². The highest BCUT2D eigenvalue weighted by atomic mass is 32.1. The lowest BCUT2D eigenvalue weighted by molar-refractivity contribution is -0.118. The summed E-state index contributed by atoms with van der Waals surface area (Å²) in [5.41, 5.74) is 1.58. The number of aromatic nitrogens is 1. The molecular weight excluding hydrogens is 336 g/mol.